The van der Waals surface area contributed by atoms with Crippen molar-refractivity contribution in [2.45, 2.75) is 24.5 Å². The monoisotopic (exact) mass is 510 g/mol. The van der Waals surface area contributed by atoms with Crippen LogP contribution in [-0.2, 0) is 27.9 Å². The van der Waals surface area contributed by atoms with Crippen molar-refractivity contribution in [3.8, 4) is 11.5 Å². The van der Waals surface area contributed by atoms with Crippen LogP contribution in [0.5, 0.6) is 11.5 Å². The quantitative estimate of drug-likeness (QED) is 0.364. The average Bonchev–Trinajstić information content (AvgIpc) is 2.93. The van der Waals surface area contributed by atoms with Crippen LogP contribution in [-0.4, -0.2) is 64.1 Å². The molecule has 0 atom stereocenters. The zero-order chi connectivity index (χ0) is 25.2. The van der Waals surface area contributed by atoms with Crippen LogP contribution in [0.2, 0.25) is 0 Å². The van der Waals surface area contributed by atoms with Crippen LogP contribution < -0.4 is 9.47 Å². The fourth-order valence-corrected chi connectivity index (χ4v) is 5.62. The molecular weight excluding hydrogens is 476 g/mol. The van der Waals surface area contributed by atoms with Crippen LogP contribution in [0.25, 0.3) is 0 Å². The van der Waals surface area contributed by atoms with Crippen molar-refractivity contribution in [2.75, 3.05) is 46.5 Å². The molecule has 8 heteroatoms. The first-order valence-electron chi connectivity index (χ1n) is 12.2. The van der Waals surface area contributed by atoms with E-state index in [0.29, 0.717) is 24.7 Å². The molecule has 0 spiro atoms. The van der Waals surface area contributed by atoms with Gasteiger partial charge in [0.05, 0.1) is 25.2 Å². The molecule has 7 nitrogen and oxygen atoms in total. The van der Waals surface area contributed by atoms with Crippen LogP contribution in [0.3, 0.4) is 0 Å². The van der Waals surface area contributed by atoms with Crippen LogP contribution in [0.4, 0.5) is 0 Å². The van der Waals surface area contributed by atoms with Gasteiger partial charge >= 0.3 is 0 Å². The number of methoxy groups -OCH3 is 1. The standard InChI is InChI=1S/C28H34N2O5S/c1-33-26-11-13-28(14-12-26)36(31,32)30(16-6-15-29-17-19-34-20-18-29)22-25-9-5-10-27(21-25)35-23-24-7-3-2-4-8-24/h2-5,7-14,21H,6,15-20,22-23H2,1H3. The highest BCUT2D eigenvalue weighted by atomic mass is 32.2. The Labute approximate surface area is 214 Å². The van der Waals surface area contributed by atoms with Crippen molar-refractivity contribution in [2.24, 2.45) is 0 Å². The summed E-state index contributed by atoms with van der Waals surface area (Å²) in [7, 11) is -2.14. The summed E-state index contributed by atoms with van der Waals surface area (Å²) in [4.78, 5) is 2.57. The highest BCUT2D eigenvalue weighted by molar-refractivity contribution is 7.89. The number of benzene rings is 3. The number of ether oxygens (including phenoxy) is 3. The van der Waals surface area contributed by atoms with E-state index in [4.69, 9.17) is 14.2 Å². The van der Waals surface area contributed by atoms with E-state index in [0.717, 1.165) is 50.4 Å². The molecule has 1 aliphatic heterocycles. The van der Waals surface area contributed by atoms with Gasteiger partial charge in [-0.25, -0.2) is 8.42 Å². The molecule has 1 saturated heterocycles. The molecule has 1 fully saturated rings. The maximum Gasteiger partial charge on any atom is 0.243 e. The van der Waals surface area contributed by atoms with Crippen molar-refractivity contribution in [1.29, 1.82) is 0 Å². The van der Waals surface area contributed by atoms with Crippen LogP contribution in [0, 0.1) is 0 Å². The van der Waals surface area contributed by atoms with Gasteiger partial charge in [0.1, 0.15) is 18.1 Å². The minimum absolute atomic E-state index is 0.256. The molecular formula is C28H34N2O5S. The summed E-state index contributed by atoms with van der Waals surface area (Å²) in [5, 5.41) is 0. The number of hydrogen-bond acceptors (Lipinski definition) is 6. The number of morpholine rings is 1. The van der Waals surface area contributed by atoms with Crippen LogP contribution in [0.15, 0.2) is 83.8 Å². The Hall–Kier alpha value is -2.91. The van der Waals surface area contributed by atoms with Gasteiger partial charge in [-0.15, -0.1) is 0 Å². The van der Waals surface area contributed by atoms with Crippen molar-refractivity contribution in [1.82, 2.24) is 9.21 Å². The molecule has 192 valence electrons. The van der Waals surface area contributed by atoms with E-state index in [1.165, 1.54) is 0 Å². The Bertz CT molecular complexity index is 1180. The third-order valence-electron chi connectivity index (χ3n) is 6.19. The second-order valence-corrected chi connectivity index (χ2v) is 10.7. The number of hydrogen-bond donors (Lipinski definition) is 0. The average molecular weight is 511 g/mol. The SMILES string of the molecule is COc1ccc(S(=O)(=O)N(CCCN2CCOCC2)Cc2cccc(OCc3ccccc3)c2)cc1. The van der Waals surface area contributed by atoms with Gasteiger partial charge in [0.15, 0.2) is 0 Å². The van der Waals surface area contributed by atoms with Gasteiger partial charge in [-0.05, 0) is 60.5 Å². The summed E-state index contributed by atoms with van der Waals surface area (Å²) in [6.07, 6.45) is 0.736. The van der Waals surface area contributed by atoms with Gasteiger partial charge in [-0.2, -0.15) is 4.31 Å². The number of rotatable bonds is 12. The van der Waals surface area contributed by atoms with Crippen molar-refractivity contribution in [3.05, 3.63) is 90.0 Å². The number of nitrogens with zero attached hydrogens (tertiary/aromatic N) is 2. The first-order valence-corrected chi connectivity index (χ1v) is 13.7. The summed E-state index contributed by atoms with van der Waals surface area (Å²) < 4.78 is 45.4. The molecule has 36 heavy (non-hydrogen) atoms. The molecule has 3 aromatic carbocycles. The summed E-state index contributed by atoms with van der Waals surface area (Å²) in [5.41, 5.74) is 1.96. The van der Waals surface area contributed by atoms with E-state index in [2.05, 4.69) is 4.90 Å². The third-order valence-corrected chi connectivity index (χ3v) is 8.05. The van der Waals surface area contributed by atoms with Gasteiger partial charge in [0.2, 0.25) is 10.0 Å². The lowest BCUT2D eigenvalue weighted by Crippen LogP contribution is -2.39. The molecule has 0 radical (unpaired) electrons. The minimum atomic E-state index is -3.70. The normalized spacial score (nSPS) is 14.6. The number of sulfonamides is 1. The van der Waals surface area contributed by atoms with E-state index in [1.54, 1.807) is 35.7 Å². The maximum absolute atomic E-state index is 13.6. The Kier molecular flexibility index (Phi) is 9.35. The lowest BCUT2D eigenvalue weighted by Gasteiger charge is -2.28. The Morgan fingerprint density at radius 3 is 2.33 bits per heavy atom. The largest absolute Gasteiger partial charge is 0.497 e. The first kappa shape index (κ1) is 26.2. The molecule has 0 aliphatic carbocycles. The lowest BCUT2D eigenvalue weighted by atomic mass is 10.2. The summed E-state index contributed by atoms with van der Waals surface area (Å²) in [5.74, 6) is 1.34. The van der Waals surface area contributed by atoms with Gasteiger partial charge in [0.25, 0.3) is 0 Å². The molecule has 0 saturated carbocycles. The fourth-order valence-electron chi connectivity index (χ4n) is 4.15. The predicted molar refractivity (Wildman–Crippen MR) is 140 cm³/mol. The first-order chi connectivity index (χ1) is 17.5. The molecule has 0 N–H and O–H groups in total. The van der Waals surface area contributed by atoms with Crippen LogP contribution in [0.1, 0.15) is 17.5 Å². The zero-order valence-electron chi connectivity index (χ0n) is 20.7. The molecule has 1 aliphatic rings. The van der Waals surface area contributed by atoms with Gasteiger partial charge in [-0.1, -0.05) is 42.5 Å². The van der Waals surface area contributed by atoms with Crippen molar-refractivity contribution in [3.63, 3.8) is 0 Å². The van der Waals surface area contributed by atoms with E-state index >= 15 is 0 Å². The molecule has 0 bridgehead atoms. The molecule has 4 rings (SSSR count). The smallest absolute Gasteiger partial charge is 0.243 e. The lowest BCUT2D eigenvalue weighted by molar-refractivity contribution is 0.0368. The Morgan fingerprint density at radius 1 is 0.889 bits per heavy atom. The topological polar surface area (TPSA) is 68.3 Å². The molecule has 0 amide bonds. The summed E-state index contributed by atoms with van der Waals surface area (Å²) in [6.45, 7) is 5.18. The van der Waals surface area contributed by atoms with Crippen LogP contribution >= 0.6 is 0 Å². The highest BCUT2D eigenvalue weighted by Gasteiger charge is 2.25. The predicted octanol–water partition coefficient (Wildman–Crippen LogP) is 4.19. The minimum Gasteiger partial charge on any atom is -0.497 e. The fraction of sp³-hybridized carbons (Fsp3) is 0.357. The second-order valence-electron chi connectivity index (χ2n) is 8.74. The van der Waals surface area contributed by atoms with Gasteiger partial charge < -0.3 is 14.2 Å². The van der Waals surface area contributed by atoms with Crippen molar-refractivity contribution < 1.29 is 22.6 Å². The van der Waals surface area contributed by atoms with Gasteiger partial charge in [-0.3, -0.25) is 4.90 Å². The highest BCUT2D eigenvalue weighted by Crippen LogP contribution is 2.23. The van der Waals surface area contributed by atoms with E-state index in [1.807, 2.05) is 54.6 Å². The summed E-state index contributed by atoms with van der Waals surface area (Å²) in [6, 6.07) is 24.2. The van der Waals surface area contributed by atoms with Crippen molar-refractivity contribution >= 4 is 10.0 Å². The maximum atomic E-state index is 13.6. The van der Waals surface area contributed by atoms with E-state index in [9.17, 15) is 8.42 Å². The molecule has 0 aromatic heterocycles. The van der Waals surface area contributed by atoms with E-state index < -0.39 is 10.0 Å². The molecule has 3 aromatic rings. The zero-order valence-corrected chi connectivity index (χ0v) is 21.5. The molecule has 0 unspecified atom stereocenters. The Morgan fingerprint density at radius 2 is 1.61 bits per heavy atom. The molecule has 1 heterocycles. The second kappa shape index (κ2) is 12.9. The Balaban J connectivity index is 1.48. The van der Waals surface area contributed by atoms with E-state index in [-0.39, 0.29) is 11.4 Å². The van der Waals surface area contributed by atoms with Gasteiger partial charge in [0, 0.05) is 26.2 Å². The summed E-state index contributed by atoms with van der Waals surface area (Å²) >= 11 is 0. The third kappa shape index (κ3) is 7.30.